The van der Waals surface area contributed by atoms with Crippen LogP contribution in [-0.4, -0.2) is 30.4 Å². The van der Waals surface area contributed by atoms with E-state index in [1.165, 1.54) is 6.07 Å². The van der Waals surface area contributed by atoms with Gasteiger partial charge < -0.3 is 4.90 Å². The summed E-state index contributed by atoms with van der Waals surface area (Å²) in [5.41, 5.74) is -0.760. The standard InChI is InChI=1S/C15H16ClF4N/c16-4-1-5-21-8-11-7-14(11,9-21)12-3-2-10(6-13(12)17)15(18,19)20/h2-3,6,11H,1,4-5,7-9H2/t11?,14-/m0/s1. The molecule has 2 aliphatic rings. The molecule has 0 spiro atoms. The molecule has 0 aromatic heterocycles. The summed E-state index contributed by atoms with van der Waals surface area (Å²) < 4.78 is 51.9. The Balaban J connectivity index is 1.79. The molecule has 1 aromatic rings. The lowest BCUT2D eigenvalue weighted by Crippen LogP contribution is -2.28. The Labute approximate surface area is 125 Å². The van der Waals surface area contributed by atoms with Crippen LogP contribution in [0.3, 0.4) is 0 Å². The highest BCUT2D eigenvalue weighted by atomic mass is 35.5. The second-order valence-electron chi connectivity index (χ2n) is 6.03. The Bertz CT molecular complexity index is 545. The van der Waals surface area contributed by atoms with Gasteiger partial charge in [-0.05, 0) is 43.0 Å². The number of rotatable bonds is 4. The van der Waals surface area contributed by atoms with Crippen LogP contribution in [0.25, 0.3) is 0 Å². The molecule has 0 radical (unpaired) electrons. The Hall–Kier alpha value is -0.810. The fourth-order valence-corrected chi connectivity index (χ4v) is 3.67. The zero-order chi connectivity index (χ0) is 15.3. The van der Waals surface area contributed by atoms with Crippen molar-refractivity contribution >= 4 is 11.6 Å². The molecule has 2 atom stereocenters. The molecular weight excluding hydrogens is 306 g/mol. The van der Waals surface area contributed by atoms with Gasteiger partial charge in [-0.1, -0.05) is 6.07 Å². The molecule has 1 aliphatic carbocycles. The first kappa shape index (κ1) is 15.1. The van der Waals surface area contributed by atoms with Crippen molar-refractivity contribution < 1.29 is 17.6 Å². The van der Waals surface area contributed by atoms with Gasteiger partial charge in [0.25, 0.3) is 0 Å². The smallest absolute Gasteiger partial charge is 0.302 e. The summed E-state index contributed by atoms with van der Waals surface area (Å²) in [6.45, 7) is 2.47. The van der Waals surface area contributed by atoms with Crippen LogP contribution < -0.4 is 0 Å². The fourth-order valence-electron chi connectivity index (χ4n) is 3.55. The molecule has 1 saturated heterocycles. The lowest BCUT2D eigenvalue weighted by Gasteiger charge is -2.21. The Morgan fingerprint density at radius 3 is 2.71 bits per heavy atom. The van der Waals surface area contributed by atoms with Gasteiger partial charge in [-0.15, -0.1) is 11.6 Å². The summed E-state index contributed by atoms with van der Waals surface area (Å²) >= 11 is 5.67. The van der Waals surface area contributed by atoms with Crippen molar-refractivity contribution in [1.82, 2.24) is 4.90 Å². The van der Waals surface area contributed by atoms with Crippen molar-refractivity contribution in [3.05, 3.63) is 35.1 Å². The molecule has 6 heteroatoms. The highest BCUT2D eigenvalue weighted by molar-refractivity contribution is 6.17. The van der Waals surface area contributed by atoms with E-state index in [-0.39, 0.29) is 5.41 Å². The molecular formula is C15H16ClF4N. The maximum Gasteiger partial charge on any atom is 0.416 e. The van der Waals surface area contributed by atoms with Gasteiger partial charge in [0, 0.05) is 24.4 Å². The van der Waals surface area contributed by atoms with E-state index in [1.54, 1.807) is 0 Å². The Morgan fingerprint density at radius 1 is 1.33 bits per heavy atom. The summed E-state index contributed by atoms with van der Waals surface area (Å²) in [5, 5.41) is 0. The van der Waals surface area contributed by atoms with E-state index in [9.17, 15) is 17.6 Å². The first-order chi connectivity index (χ1) is 9.87. The molecule has 116 valence electrons. The molecule has 2 fully saturated rings. The number of nitrogens with zero attached hydrogens (tertiary/aromatic N) is 1. The van der Waals surface area contributed by atoms with Crippen LogP contribution in [0.1, 0.15) is 24.0 Å². The Morgan fingerprint density at radius 2 is 2.10 bits per heavy atom. The molecule has 1 aromatic carbocycles. The number of fused-ring (bicyclic) bond motifs is 1. The maximum absolute atomic E-state index is 14.1. The molecule has 1 aliphatic heterocycles. The van der Waals surface area contributed by atoms with Crippen LogP contribution in [0.15, 0.2) is 18.2 Å². The lowest BCUT2D eigenvalue weighted by atomic mass is 9.93. The quantitative estimate of drug-likeness (QED) is 0.597. The molecule has 1 nitrogen and oxygen atoms in total. The van der Waals surface area contributed by atoms with E-state index >= 15 is 0 Å². The number of halogens is 5. The summed E-state index contributed by atoms with van der Waals surface area (Å²) in [6, 6.07) is 2.94. The highest BCUT2D eigenvalue weighted by Crippen LogP contribution is 2.59. The summed E-state index contributed by atoms with van der Waals surface area (Å²) in [4.78, 5) is 2.23. The summed E-state index contributed by atoms with van der Waals surface area (Å²) in [6.07, 6.45) is -2.76. The first-order valence-corrected chi connectivity index (χ1v) is 7.56. The van der Waals surface area contributed by atoms with E-state index in [4.69, 9.17) is 11.6 Å². The van der Waals surface area contributed by atoms with Gasteiger partial charge >= 0.3 is 6.18 Å². The average molecular weight is 322 g/mol. The van der Waals surface area contributed by atoms with Gasteiger partial charge in [0.15, 0.2) is 0 Å². The van der Waals surface area contributed by atoms with Crippen molar-refractivity contribution in [1.29, 1.82) is 0 Å². The van der Waals surface area contributed by atoms with E-state index in [1.807, 2.05) is 0 Å². The minimum absolute atomic E-state index is 0.277. The van der Waals surface area contributed by atoms with Crippen molar-refractivity contribution in [2.45, 2.75) is 24.4 Å². The van der Waals surface area contributed by atoms with Gasteiger partial charge in [0.05, 0.1) is 5.56 Å². The average Bonchev–Trinajstić information content (AvgIpc) is 2.98. The van der Waals surface area contributed by atoms with Crippen LogP contribution in [0.5, 0.6) is 0 Å². The third-order valence-corrected chi connectivity index (χ3v) is 4.92. The molecule has 0 amide bonds. The molecule has 1 unspecified atom stereocenters. The molecule has 1 saturated carbocycles. The van der Waals surface area contributed by atoms with Crippen LogP contribution in [-0.2, 0) is 11.6 Å². The topological polar surface area (TPSA) is 3.24 Å². The number of benzene rings is 1. The highest BCUT2D eigenvalue weighted by Gasteiger charge is 2.61. The molecule has 21 heavy (non-hydrogen) atoms. The van der Waals surface area contributed by atoms with Crippen molar-refractivity contribution in [2.75, 3.05) is 25.5 Å². The lowest BCUT2D eigenvalue weighted by molar-refractivity contribution is -0.137. The third-order valence-electron chi connectivity index (χ3n) is 4.66. The predicted molar refractivity (Wildman–Crippen MR) is 73.0 cm³/mol. The van der Waals surface area contributed by atoms with Gasteiger partial charge in [0.1, 0.15) is 5.82 Å². The first-order valence-electron chi connectivity index (χ1n) is 7.02. The van der Waals surface area contributed by atoms with Crippen molar-refractivity contribution in [3.63, 3.8) is 0 Å². The fraction of sp³-hybridized carbons (Fsp3) is 0.600. The monoisotopic (exact) mass is 321 g/mol. The minimum atomic E-state index is -4.50. The molecule has 0 bridgehead atoms. The summed E-state index contributed by atoms with van der Waals surface area (Å²) in [7, 11) is 0. The second kappa shape index (κ2) is 5.13. The third kappa shape index (κ3) is 2.66. The van der Waals surface area contributed by atoms with Crippen LogP contribution in [0, 0.1) is 11.7 Å². The normalized spacial score (nSPS) is 28.7. The maximum atomic E-state index is 14.1. The second-order valence-corrected chi connectivity index (χ2v) is 6.41. The number of hydrogen-bond acceptors (Lipinski definition) is 1. The van der Waals surface area contributed by atoms with E-state index < -0.39 is 17.6 Å². The molecule has 3 rings (SSSR count). The zero-order valence-electron chi connectivity index (χ0n) is 11.4. The summed E-state index contributed by atoms with van der Waals surface area (Å²) in [5.74, 6) is 0.216. The largest absolute Gasteiger partial charge is 0.416 e. The van der Waals surface area contributed by atoms with Gasteiger partial charge in [0.2, 0.25) is 0 Å². The zero-order valence-corrected chi connectivity index (χ0v) is 12.1. The van der Waals surface area contributed by atoms with Crippen LogP contribution >= 0.6 is 11.6 Å². The Kier molecular flexibility index (Phi) is 3.69. The number of alkyl halides is 4. The predicted octanol–water partition coefficient (Wildman–Crippen LogP) is 4.05. The number of likely N-dealkylation sites (tertiary alicyclic amines) is 1. The van der Waals surface area contributed by atoms with Crippen LogP contribution in [0.2, 0.25) is 0 Å². The van der Waals surface area contributed by atoms with Gasteiger partial charge in [-0.25, -0.2) is 4.39 Å². The van der Waals surface area contributed by atoms with E-state index in [2.05, 4.69) is 4.90 Å². The van der Waals surface area contributed by atoms with Crippen LogP contribution in [0.4, 0.5) is 17.6 Å². The van der Waals surface area contributed by atoms with Crippen molar-refractivity contribution in [3.8, 4) is 0 Å². The molecule has 1 heterocycles. The SMILES string of the molecule is Fc1cc(C(F)(F)F)ccc1[C@]12CC1CN(CCCCl)C2. The van der Waals surface area contributed by atoms with Gasteiger partial charge in [-0.2, -0.15) is 13.2 Å². The van der Waals surface area contributed by atoms with Crippen molar-refractivity contribution in [2.24, 2.45) is 5.92 Å². The number of hydrogen-bond donors (Lipinski definition) is 0. The van der Waals surface area contributed by atoms with E-state index in [0.717, 1.165) is 38.5 Å². The van der Waals surface area contributed by atoms with E-state index in [0.29, 0.717) is 23.4 Å². The minimum Gasteiger partial charge on any atom is -0.302 e. The number of piperidine rings is 1. The molecule has 0 N–H and O–H groups in total. The van der Waals surface area contributed by atoms with Gasteiger partial charge in [-0.3, -0.25) is 0 Å².